The second kappa shape index (κ2) is 7.41. The maximum Gasteiger partial charge on any atom is 0.307 e. The predicted molar refractivity (Wildman–Crippen MR) is 83.7 cm³/mol. The summed E-state index contributed by atoms with van der Waals surface area (Å²) in [5.74, 6) is -9.48. The molecule has 8 heteroatoms. The lowest BCUT2D eigenvalue weighted by Gasteiger charge is -2.49. The number of fused-ring (bicyclic) bond motifs is 1. The van der Waals surface area contributed by atoms with Crippen molar-refractivity contribution in [1.82, 2.24) is 0 Å². The molecule has 140 valence electrons. The first-order valence-electron chi connectivity index (χ1n) is 8.53. The Morgan fingerprint density at radius 1 is 0.920 bits per heavy atom. The van der Waals surface area contributed by atoms with Gasteiger partial charge in [-0.1, -0.05) is 13.3 Å². The summed E-state index contributed by atoms with van der Waals surface area (Å²) in [7, 11) is 0. The molecule has 0 spiro atoms. The number of carboxylic acid groups (broad SMARTS) is 4. The Labute approximate surface area is 144 Å². The summed E-state index contributed by atoms with van der Waals surface area (Å²) in [5.41, 5.74) is 0. The van der Waals surface area contributed by atoms with Crippen LogP contribution in [0.5, 0.6) is 0 Å². The van der Waals surface area contributed by atoms with E-state index < -0.39 is 59.9 Å². The van der Waals surface area contributed by atoms with Crippen LogP contribution in [0.1, 0.15) is 39.0 Å². The summed E-state index contributed by atoms with van der Waals surface area (Å²) in [6.45, 7) is 1.97. The Bertz CT molecular complexity index is 571. The lowest BCUT2D eigenvalue weighted by molar-refractivity contribution is -0.169. The van der Waals surface area contributed by atoms with Crippen LogP contribution >= 0.6 is 0 Å². The predicted octanol–water partition coefficient (Wildman–Crippen LogP) is 1.64. The molecule has 0 amide bonds. The van der Waals surface area contributed by atoms with Gasteiger partial charge in [0.1, 0.15) is 0 Å². The van der Waals surface area contributed by atoms with Gasteiger partial charge in [0.25, 0.3) is 0 Å². The molecule has 0 aromatic rings. The van der Waals surface area contributed by atoms with Crippen molar-refractivity contribution in [3.05, 3.63) is 0 Å². The van der Waals surface area contributed by atoms with E-state index in [1.54, 1.807) is 0 Å². The zero-order valence-electron chi connectivity index (χ0n) is 14.0. The summed E-state index contributed by atoms with van der Waals surface area (Å²) >= 11 is 0. The van der Waals surface area contributed by atoms with E-state index in [4.69, 9.17) is 5.11 Å². The molecule has 7 atom stereocenters. The maximum absolute atomic E-state index is 11.7. The first-order chi connectivity index (χ1) is 11.6. The van der Waals surface area contributed by atoms with Crippen LogP contribution in [-0.2, 0) is 19.2 Å². The van der Waals surface area contributed by atoms with Crippen LogP contribution in [0.25, 0.3) is 0 Å². The quantitative estimate of drug-likeness (QED) is 0.561. The zero-order valence-corrected chi connectivity index (χ0v) is 14.0. The van der Waals surface area contributed by atoms with Gasteiger partial charge in [-0.05, 0) is 42.9 Å². The smallest absolute Gasteiger partial charge is 0.307 e. The fourth-order valence-electron chi connectivity index (χ4n) is 4.99. The molecule has 0 radical (unpaired) electrons. The molecule has 8 nitrogen and oxygen atoms in total. The highest BCUT2D eigenvalue weighted by Gasteiger charge is 2.54. The van der Waals surface area contributed by atoms with Crippen molar-refractivity contribution in [3.63, 3.8) is 0 Å². The fraction of sp³-hybridized carbons (Fsp3) is 0.765. The third-order valence-electron chi connectivity index (χ3n) is 6.02. The largest absolute Gasteiger partial charge is 0.481 e. The second-order valence-electron chi connectivity index (χ2n) is 7.50. The van der Waals surface area contributed by atoms with E-state index in [0.29, 0.717) is 12.8 Å². The van der Waals surface area contributed by atoms with Crippen LogP contribution in [0.2, 0.25) is 0 Å². The van der Waals surface area contributed by atoms with Gasteiger partial charge < -0.3 is 20.4 Å². The average Bonchev–Trinajstić information content (AvgIpc) is 2.49. The van der Waals surface area contributed by atoms with Gasteiger partial charge in [-0.3, -0.25) is 19.2 Å². The SMILES string of the molecule is CC1CCC2C(C(CC(=O)O)C(=O)O)CC(C(=O)O)C(C(=O)O)C2C1. The van der Waals surface area contributed by atoms with Crippen molar-refractivity contribution in [1.29, 1.82) is 0 Å². The molecule has 7 unspecified atom stereocenters. The van der Waals surface area contributed by atoms with Gasteiger partial charge >= 0.3 is 23.9 Å². The molecule has 0 heterocycles. The number of hydrogen-bond acceptors (Lipinski definition) is 4. The molecule has 2 aliphatic rings. The summed E-state index contributed by atoms with van der Waals surface area (Å²) in [4.78, 5) is 46.1. The highest BCUT2D eigenvalue weighted by atomic mass is 16.4. The van der Waals surface area contributed by atoms with E-state index in [1.165, 1.54) is 0 Å². The highest BCUT2D eigenvalue weighted by molar-refractivity contribution is 5.81. The third kappa shape index (κ3) is 3.93. The minimum atomic E-state index is -1.26. The van der Waals surface area contributed by atoms with Crippen LogP contribution in [0.3, 0.4) is 0 Å². The van der Waals surface area contributed by atoms with Gasteiger partial charge in [0.15, 0.2) is 0 Å². The molecule has 0 aromatic heterocycles. The van der Waals surface area contributed by atoms with Gasteiger partial charge in [-0.15, -0.1) is 0 Å². The Morgan fingerprint density at radius 3 is 2.04 bits per heavy atom. The molecular formula is C17H24O8. The van der Waals surface area contributed by atoms with Gasteiger partial charge in [0, 0.05) is 0 Å². The van der Waals surface area contributed by atoms with Crippen molar-refractivity contribution in [3.8, 4) is 0 Å². The topological polar surface area (TPSA) is 149 Å². The standard InChI is InChI=1S/C17H24O8/c1-7-2-3-8-9(11(15(20)21)6-13(18)19)5-12(16(22)23)14(17(24)25)10(8)4-7/h7-12,14H,2-6H2,1H3,(H,18,19)(H,20,21)(H,22,23)(H,24,25). The Morgan fingerprint density at radius 2 is 1.56 bits per heavy atom. The molecule has 0 aliphatic heterocycles. The van der Waals surface area contributed by atoms with Crippen LogP contribution in [0, 0.1) is 41.4 Å². The first kappa shape index (κ1) is 19.2. The number of carboxylic acids is 4. The van der Waals surface area contributed by atoms with Gasteiger partial charge in [0.2, 0.25) is 0 Å². The minimum absolute atomic E-state index is 0.105. The molecule has 0 bridgehead atoms. The van der Waals surface area contributed by atoms with E-state index in [9.17, 15) is 34.5 Å². The number of rotatable bonds is 6. The summed E-state index contributed by atoms with van der Waals surface area (Å²) in [6.07, 6.45) is 1.26. The normalized spacial score (nSPS) is 36.0. The van der Waals surface area contributed by atoms with E-state index in [1.807, 2.05) is 6.92 Å². The maximum atomic E-state index is 11.7. The monoisotopic (exact) mass is 356 g/mol. The number of hydrogen-bond donors (Lipinski definition) is 4. The number of carbonyl (C=O) groups is 4. The first-order valence-corrected chi connectivity index (χ1v) is 8.53. The van der Waals surface area contributed by atoms with Crippen molar-refractivity contribution in [2.45, 2.75) is 39.0 Å². The summed E-state index contributed by atoms with van der Waals surface area (Å²) in [6, 6.07) is 0. The van der Waals surface area contributed by atoms with E-state index in [2.05, 4.69) is 0 Å². The van der Waals surface area contributed by atoms with Crippen molar-refractivity contribution >= 4 is 23.9 Å². The molecule has 0 aromatic carbocycles. The molecule has 2 rings (SSSR count). The lowest BCUT2D eigenvalue weighted by Crippen LogP contribution is -2.51. The Balaban J connectivity index is 2.43. The van der Waals surface area contributed by atoms with Crippen molar-refractivity contribution in [2.75, 3.05) is 0 Å². The molecule has 2 aliphatic carbocycles. The van der Waals surface area contributed by atoms with Gasteiger partial charge in [0.05, 0.1) is 24.2 Å². The summed E-state index contributed by atoms with van der Waals surface area (Å²) in [5, 5.41) is 37.6. The summed E-state index contributed by atoms with van der Waals surface area (Å²) < 4.78 is 0. The Hall–Kier alpha value is -2.12. The second-order valence-corrected chi connectivity index (χ2v) is 7.50. The van der Waals surface area contributed by atoms with Crippen LogP contribution < -0.4 is 0 Å². The number of aliphatic carboxylic acids is 4. The lowest BCUT2D eigenvalue weighted by atomic mass is 9.53. The van der Waals surface area contributed by atoms with Crippen LogP contribution in [-0.4, -0.2) is 44.3 Å². The zero-order chi connectivity index (χ0) is 18.9. The molecule has 2 saturated carbocycles. The van der Waals surface area contributed by atoms with E-state index in [0.717, 1.165) is 6.42 Å². The van der Waals surface area contributed by atoms with Gasteiger partial charge in [-0.2, -0.15) is 0 Å². The fourth-order valence-corrected chi connectivity index (χ4v) is 4.99. The average molecular weight is 356 g/mol. The molecule has 0 saturated heterocycles. The highest BCUT2D eigenvalue weighted by Crippen LogP contribution is 2.53. The van der Waals surface area contributed by atoms with Crippen LogP contribution in [0.4, 0.5) is 0 Å². The van der Waals surface area contributed by atoms with Gasteiger partial charge in [-0.25, -0.2) is 0 Å². The van der Waals surface area contributed by atoms with Crippen molar-refractivity contribution in [2.24, 2.45) is 41.4 Å². The Kier molecular flexibility index (Phi) is 5.69. The third-order valence-corrected chi connectivity index (χ3v) is 6.02. The van der Waals surface area contributed by atoms with E-state index in [-0.39, 0.29) is 18.3 Å². The van der Waals surface area contributed by atoms with Crippen molar-refractivity contribution < 1.29 is 39.6 Å². The molecule has 25 heavy (non-hydrogen) atoms. The van der Waals surface area contributed by atoms with E-state index >= 15 is 0 Å². The molecule has 4 N–H and O–H groups in total. The minimum Gasteiger partial charge on any atom is -0.481 e. The molecule has 2 fully saturated rings. The molecular weight excluding hydrogens is 332 g/mol. The van der Waals surface area contributed by atoms with Crippen LogP contribution in [0.15, 0.2) is 0 Å².